The van der Waals surface area contributed by atoms with E-state index < -0.39 is 116 Å². The maximum atomic E-state index is 14.4. The van der Waals surface area contributed by atoms with E-state index in [1.165, 1.54) is 24.2 Å². The number of carbonyl (C=O) groups excluding carboxylic acids is 7. The molecule has 8 rings (SSSR count). The first kappa shape index (κ1) is 81.1. The van der Waals surface area contributed by atoms with Crippen molar-refractivity contribution in [3.05, 3.63) is 0 Å². The van der Waals surface area contributed by atoms with Crippen molar-refractivity contribution in [2.75, 3.05) is 13.1 Å². The highest BCUT2D eigenvalue weighted by Gasteiger charge is 2.71. The number of ketones is 3. The number of rotatable bonds is 24. The molecule has 23 heteroatoms. The fourth-order valence-electron chi connectivity index (χ4n) is 16.9. The fraction of sp³-hybridized carbons (Fsp3) is 0.887. The van der Waals surface area contributed by atoms with E-state index in [2.05, 4.69) is 27.7 Å². The van der Waals surface area contributed by atoms with Crippen LogP contribution >= 0.6 is 12.4 Å². The predicted octanol–water partition coefficient (Wildman–Crippen LogP) is 8.97. The zero-order chi connectivity index (χ0) is 70.4. The highest BCUT2D eigenvalue weighted by atomic mass is 35.5. The van der Waals surface area contributed by atoms with Gasteiger partial charge in [0.15, 0.2) is 25.5 Å². The number of primary amides is 2. The second-order valence-electron chi connectivity index (χ2n) is 35.2. The lowest BCUT2D eigenvalue weighted by Crippen LogP contribution is -2.51. The molecule has 8 aliphatic rings. The molecule has 20 nitrogen and oxygen atoms in total. The van der Waals surface area contributed by atoms with Crippen LogP contribution in [0.5, 0.6) is 0 Å². The number of sulfone groups is 2. The van der Waals surface area contributed by atoms with Crippen LogP contribution in [0.15, 0.2) is 0 Å². The van der Waals surface area contributed by atoms with E-state index in [-0.39, 0.29) is 120 Å². The standard InChI is InChI=1S/C36H60N2O7S.C27H45NO6S.C8H16N2O2.ClH/c1-34(2,3)25(19-24(39)17-22-14-9-10-15-28(22)46(44,45)35(4,5)6)33(43)38-20-26-29(36(26,7)8)30(38)27(40)18-23(31(41)32(37)42)16-21-12-11-13-21;1-25(2,3)18(23(30)28-15-19-21(27(19,7)8)22(28)24(31)32)14-17(29)13-16-11-9-10-12-20(16)35(33,34)26(4,5)6;9-6(7(11)8(10)12)4-5-2-1-3-5;/h21-23,25-26,28-31,41H,9-20H2,1-8H3,(H2,37,42);16,18-22H,9-15H2,1-8H3,(H,31,32);5-7,11H,1-4,9H2,(H2,10,12);1H/t22-,23?,25-,26+,28-,29+,30-,31?;16-,18-,19+,20-,21+,22+;;/m11../s1. The molecule has 0 aromatic carbocycles. The molecule has 2 saturated heterocycles. The average Bonchev–Trinajstić information content (AvgIpc) is 1.53. The van der Waals surface area contributed by atoms with Crippen molar-refractivity contribution >= 4 is 79.0 Å². The van der Waals surface area contributed by atoms with Crippen LogP contribution in [0.25, 0.3) is 0 Å². The molecule has 6 aliphatic carbocycles. The summed E-state index contributed by atoms with van der Waals surface area (Å²) in [5.41, 5.74) is 14.7. The van der Waals surface area contributed by atoms with Gasteiger partial charge in [-0.05, 0) is 143 Å². The van der Waals surface area contributed by atoms with Gasteiger partial charge in [0.1, 0.15) is 29.8 Å². The molecule has 2 heterocycles. The summed E-state index contributed by atoms with van der Waals surface area (Å²) < 4.78 is 51.5. The maximum Gasteiger partial charge on any atom is 0.326 e. The SMILES string of the molecule is CC(C)(C)[C@H](CC(=O)C[C@H]1CCCC[C@H]1S(=O)(=O)C(C)(C)C)C(=O)N1C[C@H]2[C@@H]([C@H]1C(=O)CC(CC1CCC1)C(O)C(N)=O)C2(C)C.CC(C)(C)[C@H](CC(=O)C[C@H]1CCCC[C@H]1S(=O)(=O)C(C)(C)C)C(=O)N1C[C@H]2[C@@H]([C@H]1C(=O)O)C2(C)C.Cl.NC(=O)C(O)C(N)CC1CCC1. The minimum atomic E-state index is -3.45. The Morgan fingerprint density at radius 3 is 1.19 bits per heavy atom. The van der Waals surface area contributed by atoms with Gasteiger partial charge in [0.2, 0.25) is 23.6 Å². The number of carboxylic acid groups (broad SMARTS) is 1. The van der Waals surface area contributed by atoms with Crippen molar-refractivity contribution in [3.63, 3.8) is 0 Å². The Morgan fingerprint density at radius 1 is 0.511 bits per heavy atom. The third-order valence-corrected chi connectivity index (χ3v) is 30.1. The van der Waals surface area contributed by atoms with Gasteiger partial charge in [0, 0.05) is 74.9 Å². The Morgan fingerprint density at radius 2 is 0.862 bits per heavy atom. The van der Waals surface area contributed by atoms with Crippen molar-refractivity contribution < 1.29 is 70.5 Å². The number of nitrogens with zero attached hydrogens (tertiary/aromatic N) is 2. The lowest BCUT2D eigenvalue weighted by Gasteiger charge is -2.38. The first-order valence-electron chi connectivity index (χ1n) is 35.1. The van der Waals surface area contributed by atoms with Crippen LogP contribution in [-0.2, 0) is 58.0 Å². The smallest absolute Gasteiger partial charge is 0.326 e. The number of hydrogen-bond donors (Lipinski definition) is 6. The number of nitrogens with two attached hydrogens (primary N) is 3. The molecular weight excluding hydrogens is 1260 g/mol. The molecule has 2 aliphatic heterocycles. The molecule has 4 unspecified atom stereocenters. The minimum Gasteiger partial charge on any atom is -0.480 e. The normalized spacial score (nSPS) is 29.4. The van der Waals surface area contributed by atoms with Crippen molar-refractivity contribution in [2.24, 2.45) is 104 Å². The number of hydrogen-bond acceptors (Lipinski definition) is 15. The summed E-state index contributed by atoms with van der Waals surface area (Å²) in [7, 11) is -6.85. The molecule has 0 aromatic heterocycles. The van der Waals surface area contributed by atoms with Gasteiger partial charge in [-0.3, -0.25) is 33.6 Å². The number of fused-ring (bicyclic) bond motifs is 2. The van der Waals surface area contributed by atoms with Gasteiger partial charge in [0.05, 0.1) is 26.0 Å². The van der Waals surface area contributed by atoms with Crippen molar-refractivity contribution in [3.8, 4) is 0 Å². The van der Waals surface area contributed by atoms with Gasteiger partial charge in [0.25, 0.3) is 0 Å². The van der Waals surface area contributed by atoms with Crippen molar-refractivity contribution in [2.45, 2.75) is 296 Å². The maximum absolute atomic E-state index is 14.4. The molecule has 540 valence electrons. The quantitative estimate of drug-likeness (QED) is 0.0525. The van der Waals surface area contributed by atoms with E-state index in [4.69, 9.17) is 22.3 Å². The van der Waals surface area contributed by atoms with Crippen LogP contribution < -0.4 is 17.2 Å². The number of halogens is 1. The molecular formula is C71H122ClN5O15S2. The Kier molecular flexibility index (Phi) is 26.3. The number of aliphatic hydroxyl groups is 2. The molecule has 9 N–H and O–H groups in total. The van der Waals surface area contributed by atoms with E-state index in [1.807, 2.05) is 41.5 Å². The van der Waals surface area contributed by atoms with Gasteiger partial charge in [-0.2, -0.15) is 0 Å². The third kappa shape index (κ3) is 18.3. The molecule has 8 fully saturated rings. The fourth-order valence-corrected chi connectivity index (χ4v) is 21.1. The van der Waals surface area contributed by atoms with Crippen LogP contribution in [0.2, 0.25) is 0 Å². The summed E-state index contributed by atoms with van der Waals surface area (Å²) in [6.07, 6.45) is 11.6. The topological polar surface area (TPSA) is 350 Å². The summed E-state index contributed by atoms with van der Waals surface area (Å²) >= 11 is 0. The highest BCUT2D eigenvalue weighted by molar-refractivity contribution is 7.93. The second-order valence-corrected chi connectivity index (χ2v) is 41.0. The molecule has 16 atom stereocenters. The van der Waals surface area contributed by atoms with E-state index >= 15 is 0 Å². The number of carboxylic acids is 1. The number of piperidine rings is 2. The van der Waals surface area contributed by atoms with E-state index in [0.29, 0.717) is 63.5 Å². The van der Waals surface area contributed by atoms with Crippen LogP contribution in [0.4, 0.5) is 0 Å². The number of Topliss-reactive ketones (excluding diaryl/α,β-unsaturated/α-hetero) is 3. The molecule has 6 saturated carbocycles. The number of likely N-dealkylation sites (tertiary alicyclic amines) is 2. The first-order chi connectivity index (χ1) is 42.5. The monoisotopic (exact) mass is 1380 g/mol. The van der Waals surface area contributed by atoms with Gasteiger partial charge >= 0.3 is 5.97 Å². The van der Waals surface area contributed by atoms with E-state index in [9.17, 15) is 65.4 Å². The average molecular weight is 1390 g/mol. The number of aliphatic carboxylic acids is 1. The Hall–Kier alpha value is -3.57. The zero-order valence-corrected chi connectivity index (χ0v) is 62.2. The number of aliphatic hydroxyl groups excluding tert-OH is 2. The molecule has 4 amide bonds. The first-order valence-corrected chi connectivity index (χ1v) is 38.2. The van der Waals surface area contributed by atoms with Crippen LogP contribution in [0, 0.1) is 86.8 Å². The molecule has 0 bridgehead atoms. The Labute approximate surface area is 569 Å². The van der Waals surface area contributed by atoms with Crippen LogP contribution in [0.3, 0.4) is 0 Å². The van der Waals surface area contributed by atoms with Crippen molar-refractivity contribution in [1.82, 2.24) is 9.80 Å². The summed E-state index contributed by atoms with van der Waals surface area (Å²) in [5.74, 6) is -4.51. The third-order valence-electron chi connectivity index (χ3n) is 23.9. The Bertz CT molecular complexity index is 2970. The molecule has 0 spiro atoms. The van der Waals surface area contributed by atoms with Gasteiger partial charge < -0.3 is 42.3 Å². The van der Waals surface area contributed by atoms with Gasteiger partial charge in [-0.1, -0.05) is 133 Å². The molecule has 0 aromatic rings. The summed E-state index contributed by atoms with van der Waals surface area (Å²) in [6, 6.07) is -1.99. The zero-order valence-electron chi connectivity index (χ0n) is 59.7. The predicted molar refractivity (Wildman–Crippen MR) is 366 cm³/mol. The second kappa shape index (κ2) is 30.5. The van der Waals surface area contributed by atoms with E-state index in [0.717, 1.165) is 44.9 Å². The Balaban J connectivity index is 0.000000293. The number of amides is 4. The summed E-state index contributed by atoms with van der Waals surface area (Å²) in [5, 5.41) is 28.6. The van der Waals surface area contributed by atoms with Crippen molar-refractivity contribution in [1.29, 1.82) is 0 Å². The van der Waals surface area contributed by atoms with E-state index in [1.54, 1.807) is 46.4 Å². The number of carbonyl (C=O) groups is 8. The lowest BCUT2D eigenvalue weighted by atomic mass is 9.74. The van der Waals surface area contributed by atoms with Gasteiger partial charge in [-0.25, -0.2) is 21.6 Å². The highest BCUT2D eigenvalue weighted by Crippen LogP contribution is 2.66. The minimum absolute atomic E-state index is 0. The van der Waals surface area contributed by atoms with Gasteiger partial charge in [-0.15, -0.1) is 12.4 Å². The largest absolute Gasteiger partial charge is 0.480 e. The summed E-state index contributed by atoms with van der Waals surface area (Å²) in [6.45, 7) is 31.0. The van der Waals surface area contributed by atoms with Crippen LogP contribution in [0.1, 0.15) is 246 Å². The molecule has 94 heavy (non-hydrogen) atoms. The summed E-state index contributed by atoms with van der Waals surface area (Å²) in [4.78, 5) is 107. The molecule has 0 radical (unpaired) electrons. The van der Waals surface area contributed by atoms with Crippen LogP contribution in [-0.4, -0.2) is 152 Å². The lowest BCUT2D eigenvalue weighted by molar-refractivity contribution is -0.154.